The quantitative estimate of drug-likeness (QED) is 0.166. The van der Waals surface area contributed by atoms with Crippen LogP contribution in [0.25, 0.3) is 22.2 Å². The summed E-state index contributed by atoms with van der Waals surface area (Å²) in [5.74, 6) is -0.822. The van der Waals surface area contributed by atoms with Crippen molar-refractivity contribution in [2.75, 3.05) is 6.61 Å². The lowest BCUT2D eigenvalue weighted by Crippen LogP contribution is -2.68. The van der Waals surface area contributed by atoms with Crippen LogP contribution in [0.4, 0.5) is 0 Å². The SMILES string of the molecule is CC12CCC3C(CCC4(O)CC(O)CCC34C=NNC(=O)c3cc(-c4ccccc4)nc4ccccc34)C1(O)CCC2C1=CC(=O)OC1. The number of cyclic esters (lactones) is 1. The Labute approximate surface area is 280 Å². The topological polar surface area (TPSA) is 141 Å². The zero-order chi connectivity index (χ0) is 33.3. The number of amides is 1. The van der Waals surface area contributed by atoms with Crippen LogP contribution in [0.5, 0.6) is 0 Å². The Morgan fingerprint density at radius 1 is 0.979 bits per heavy atom. The number of ether oxygens (including phenoxy) is 1. The van der Waals surface area contributed by atoms with Crippen LogP contribution >= 0.6 is 0 Å². The average molecular weight is 650 g/mol. The molecule has 2 heterocycles. The number of pyridine rings is 1. The first-order chi connectivity index (χ1) is 23.1. The molecule has 2 aromatic carbocycles. The first-order valence-corrected chi connectivity index (χ1v) is 17.4. The minimum atomic E-state index is -1.22. The van der Waals surface area contributed by atoms with E-state index in [1.807, 2.05) is 54.6 Å². The van der Waals surface area contributed by atoms with Gasteiger partial charge < -0.3 is 20.1 Å². The molecule has 8 rings (SSSR count). The summed E-state index contributed by atoms with van der Waals surface area (Å²) in [4.78, 5) is 30.6. The Kier molecular flexibility index (Phi) is 7.40. The van der Waals surface area contributed by atoms with Gasteiger partial charge in [0.1, 0.15) is 6.61 Å². The Bertz CT molecular complexity index is 1840. The first kappa shape index (κ1) is 31.4. The Morgan fingerprint density at radius 2 is 1.75 bits per heavy atom. The fourth-order valence-corrected chi connectivity index (χ4v) is 10.7. The van der Waals surface area contributed by atoms with Crippen LogP contribution in [0, 0.1) is 28.6 Å². The van der Waals surface area contributed by atoms with E-state index in [4.69, 9.17) is 9.72 Å². The van der Waals surface area contributed by atoms with Crippen molar-refractivity contribution in [3.05, 3.63) is 77.9 Å². The van der Waals surface area contributed by atoms with Crippen molar-refractivity contribution in [3.8, 4) is 11.3 Å². The Balaban J connectivity index is 1.12. The fraction of sp³-hybridized carbons (Fsp3) is 0.487. The van der Waals surface area contributed by atoms with Crippen LogP contribution in [0.2, 0.25) is 0 Å². The fourth-order valence-electron chi connectivity index (χ4n) is 10.7. The number of fused-ring (bicyclic) bond motifs is 6. The van der Waals surface area contributed by atoms with E-state index in [9.17, 15) is 24.9 Å². The largest absolute Gasteiger partial charge is 0.458 e. The van der Waals surface area contributed by atoms with Gasteiger partial charge in [-0.3, -0.25) is 4.79 Å². The predicted molar refractivity (Wildman–Crippen MR) is 181 cm³/mol. The number of para-hydroxylation sites is 1. The lowest BCUT2D eigenvalue weighted by Gasteiger charge is -2.65. The average Bonchev–Trinajstić information content (AvgIpc) is 3.63. The number of carbonyl (C=O) groups is 2. The maximum absolute atomic E-state index is 13.8. The summed E-state index contributed by atoms with van der Waals surface area (Å²) < 4.78 is 5.28. The van der Waals surface area contributed by atoms with Crippen LogP contribution in [-0.2, 0) is 9.53 Å². The summed E-state index contributed by atoms with van der Waals surface area (Å²) in [6.45, 7) is 2.45. The van der Waals surface area contributed by atoms with E-state index in [1.54, 1.807) is 18.4 Å². The summed E-state index contributed by atoms with van der Waals surface area (Å²) in [5, 5.41) is 41.1. The van der Waals surface area contributed by atoms with Crippen LogP contribution in [-0.4, -0.2) is 62.3 Å². The van der Waals surface area contributed by atoms with E-state index in [1.165, 1.54) is 0 Å². The Morgan fingerprint density at radius 3 is 2.54 bits per heavy atom. The van der Waals surface area contributed by atoms with E-state index >= 15 is 0 Å². The van der Waals surface area contributed by atoms with Gasteiger partial charge in [-0.05, 0) is 86.8 Å². The lowest BCUT2D eigenvalue weighted by molar-refractivity contribution is -0.237. The summed E-state index contributed by atoms with van der Waals surface area (Å²) in [6, 6.07) is 19.1. The van der Waals surface area contributed by atoms with E-state index in [-0.39, 0.29) is 42.7 Å². The number of aliphatic hydroxyl groups is 3. The highest BCUT2D eigenvalue weighted by molar-refractivity contribution is 6.07. The molecule has 0 spiro atoms. The van der Waals surface area contributed by atoms with E-state index in [0.29, 0.717) is 54.3 Å². The number of nitrogens with one attached hydrogen (secondary N) is 1. The van der Waals surface area contributed by atoms with Gasteiger partial charge >= 0.3 is 5.97 Å². The zero-order valence-corrected chi connectivity index (χ0v) is 27.3. The summed E-state index contributed by atoms with van der Waals surface area (Å²) in [7, 11) is 0. The van der Waals surface area contributed by atoms with Gasteiger partial charge in [-0.1, -0.05) is 55.5 Å². The highest BCUT2D eigenvalue weighted by Gasteiger charge is 2.71. The number of aliphatic hydroxyl groups excluding tert-OH is 1. The monoisotopic (exact) mass is 649 g/mol. The third-order valence-corrected chi connectivity index (χ3v) is 13.1. The molecule has 250 valence electrons. The van der Waals surface area contributed by atoms with Crippen LogP contribution in [0.3, 0.4) is 0 Å². The van der Waals surface area contributed by atoms with Gasteiger partial charge in [0.15, 0.2) is 0 Å². The second kappa shape index (κ2) is 11.3. The van der Waals surface area contributed by atoms with Crippen LogP contribution in [0.1, 0.15) is 75.1 Å². The molecule has 0 saturated heterocycles. The highest BCUT2D eigenvalue weighted by Crippen LogP contribution is 2.70. The molecule has 1 aliphatic heterocycles. The lowest BCUT2D eigenvalue weighted by atomic mass is 9.41. The van der Waals surface area contributed by atoms with Crippen molar-refractivity contribution in [1.29, 1.82) is 0 Å². The molecule has 3 aromatic rings. The second-order valence-electron chi connectivity index (χ2n) is 15.2. The number of hydrogen-bond acceptors (Lipinski definition) is 8. The number of nitrogens with zero attached hydrogens (tertiary/aromatic N) is 2. The third-order valence-electron chi connectivity index (χ3n) is 13.1. The van der Waals surface area contributed by atoms with Gasteiger partial charge in [-0.2, -0.15) is 5.10 Å². The normalized spacial score (nSPS) is 37.4. The van der Waals surface area contributed by atoms with Gasteiger partial charge in [0, 0.05) is 40.5 Å². The van der Waals surface area contributed by atoms with Crippen LogP contribution in [0.15, 0.2) is 77.4 Å². The van der Waals surface area contributed by atoms with Crippen molar-refractivity contribution in [1.82, 2.24) is 10.4 Å². The summed E-state index contributed by atoms with van der Waals surface area (Å²) in [6.07, 6.45) is 7.93. The van der Waals surface area contributed by atoms with E-state index in [2.05, 4.69) is 17.5 Å². The summed E-state index contributed by atoms with van der Waals surface area (Å²) >= 11 is 0. The van der Waals surface area contributed by atoms with Gasteiger partial charge in [-0.25, -0.2) is 15.2 Å². The number of carbonyl (C=O) groups excluding carboxylic acids is 2. The molecule has 0 bridgehead atoms. The first-order valence-electron chi connectivity index (χ1n) is 17.4. The van der Waals surface area contributed by atoms with Crippen molar-refractivity contribution < 1.29 is 29.6 Å². The molecule has 9 nitrogen and oxygen atoms in total. The molecular formula is C39H43N3O6. The molecule has 4 fully saturated rings. The molecule has 4 aliphatic carbocycles. The minimum Gasteiger partial charge on any atom is -0.458 e. The molecule has 8 atom stereocenters. The molecule has 4 saturated carbocycles. The number of hydrazone groups is 1. The van der Waals surface area contributed by atoms with Gasteiger partial charge in [0.2, 0.25) is 0 Å². The van der Waals surface area contributed by atoms with E-state index in [0.717, 1.165) is 30.4 Å². The molecule has 8 unspecified atom stereocenters. The highest BCUT2D eigenvalue weighted by atomic mass is 16.5. The van der Waals surface area contributed by atoms with Gasteiger partial charge in [-0.15, -0.1) is 0 Å². The van der Waals surface area contributed by atoms with Crippen molar-refractivity contribution in [2.24, 2.45) is 33.7 Å². The molecule has 4 N–H and O–H groups in total. The molecule has 5 aliphatic rings. The van der Waals surface area contributed by atoms with Crippen molar-refractivity contribution in [3.63, 3.8) is 0 Å². The number of hydrogen-bond donors (Lipinski definition) is 4. The third kappa shape index (κ3) is 4.61. The summed E-state index contributed by atoms with van der Waals surface area (Å²) in [5.41, 5.74) is 3.04. The number of rotatable bonds is 5. The number of esters is 1. The standard InChI is InChI=1S/C39H43N3O6/c1-36-15-12-30-31(39(36,47)18-14-29(36)25-19-34(44)48-22-25)13-17-38(46)21-26(43)11-16-37(30,38)23-40-42-35(45)28-20-33(24-7-3-2-4-8-24)41-32-10-6-5-9-27(28)32/h2-10,19-20,23,26,29-31,43,46-47H,11-18,21-22H2,1H3,(H,42,45). The maximum atomic E-state index is 13.8. The molecule has 48 heavy (non-hydrogen) atoms. The second-order valence-corrected chi connectivity index (χ2v) is 15.2. The van der Waals surface area contributed by atoms with Crippen LogP contribution < -0.4 is 5.43 Å². The van der Waals surface area contributed by atoms with Crippen molar-refractivity contribution >= 4 is 29.0 Å². The predicted octanol–water partition coefficient (Wildman–Crippen LogP) is 5.33. The molecule has 9 heteroatoms. The zero-order valence-electron chi connectivity index (χ0n) is 27.3. The maximum Gasteiger partial charge on any atom is 0.331 e. The Hall–Kier alpha value is -3.92. The van der Waals surface area contributed by atoms with Gasteiger partial charge in [0.25, 0.3) is 5.91 Å². The number of aromatic nitrogens is 1. The molecule has 1 aromatic heterocycles. The smallest absolute Gasteiger partial charge is 0.331 e. The minimum absolute atomic E-state index is 0.0590. The number of benzene rings is 2. The molecule has 0 radical (unpaired) electrons. The molecule has 1 amide bonds. The van der Waals surface area contributed by atoms with Crippen molar-refractivity contribution in [2.45, 2.75) is 82.0 Å². The van der Waals surface area contributed by atoms with Gasteiger partial charge in [0.05, 0.1) is 34.1 Å². The molecular weight excluding hydrogens is 606 g/mol. The van der Waals surface area contributed by atoms with E-state index < -0.39 is 28.1 Å².